The van der Waals surface area contributed by atoms with Crippen molar-refractivity contribution < 1.29 is 9.53 Å². The molecule has 0 saturated carbocycles. The van der Waals surface area contributed by atoms with Crippen LogP contribution in [0.1, 0.15) is 9.67 Å². The third-order valence-electron chi connectivity index (χ3n) is 2.70. The number of aromatic nitrogens is 1. The molecule has 3 aromatic rings. The van der Waals surface area contributed by atoms with E-state index < -0.39 is 0 Å². The van der Waals surface area contributed by atoms with E-state index in [1.807, 2.05) is 54.6 Å². The summed E-state index contributed by atoms with van der Waals surface area (Å²) in [5.41, 5.74) is 0.941. The molecule has 3 nitrogen and oxygen atoms in total. The van der Waals surface area contributed by atoms with Crippen LogP contribution < -0.4 is 4.74 Å². The molecule has 20 heavy (non-hydrogen) atoms. The molecule has 0 fully saturated rings. The summed E-state index contributed by atoms with van der Waals surface area (Å²) >= 11 is 1.37. The van der Waals surface area contributed by atoms with Crippen LogP contribution in [0.15, 0.2) is 60.8 Å². The third-order valence-corrected chi connectivity index (χ3v) is 3.67. The van der Waals surface area contributed by atoms with Crippen molar-refractivity contribution in [2.75, 3.05) is 0 Å². The first kappa shape index (κ1) is 12.6. The van der Waals surface area contributed by atoms with E-state index in [-0.39, 0.29) is 0 Å². The Morgan fingerprint density at radius 1 is 1.00 bits per heavy atom. The molecule has 0 saturated heterocycles. The van der Waals surface area contributed by atoms with Gasteiger partial charge in [-0.3, -0.25) is 4.79 Å². The van der Waals surface area contributed by atoms with E-state index in [0.29, 0.717) is 4.88 Å². The standard InChI is InChI=1S/C16H11NO2S/c18-11-15-10-17-16(20-15)12-5-4-8-14(9-12)19-13-6-2-1-3-7-13/h1-11H. The zero-order chi connectivity index (χ0) is 13.8. The highest BCUT2D eigenvalue weighted by molar-refractivity contribution is 7.16. The lowest BCUT2D eigenvalue weighted by molar-refractivity contribution is 0.112. The van der Waals surface area contributed by atoms with Gasteiger partial charge in [-0.1, -0.05) is 30.3 Å². The Bertz CT molecular complexity index is 722. The molecule has 4 heteroatoms. The van der Waals surface area contributed by atoms with Gasteiger partial charge in [-0.05, 0) is 24.3 Å². The Balaban J connectivity index is 1.87. The normalized spacial score (nSPS) is 10.2. The van der Waals surface area contributed by atoms with Gasteiger partial charge in [0, 0.05) is 11.8 Å². The van der Waals surface area contributed by atoms with Crippen molar-refractivity contribution in [3.63, 3.8) is 0 Å². The molecule has 0 atom stereocenters. The number of aldehydes is 1. The van der Waals surface area contributed by atoms with Crippen LogP contribution in [0, 0.1) is 0 Å². The molecule has 0 radical (unpaired) electrons. The van der Waals surface area contributed by atoms with Crippen molar-refractivity contribution in [2.45, 2.75) is 0 Å². The smallest absolute Gasteiger partial charge is 0.161 e. The zero-order valence-corrected chi connectivity index (χ0v) is 11.3. The second-order valence-corrected chi connectivity index (χ2v) is 5.19. The van der Waals surface area contributed by atoms with Gasteiger partial charge in [-0.2, -0.15) is 0 Å². The fraction of sp³-hybridized carbons (Fsp3) is 0. The maximum atomic E-state index is 10.7. The number of carbonyl (C=O) groups excluding carboxylic acids is 1. The van der Waals surface area contributed by atoms with Crippen LogP contribution >= 0.6 is 11.3 Å². The molecule has 0 aliphatic heterocycles. The number of benzene rings is 2. The van der Waals surface area contributed by atoms with Crippen molar-refractivity contribution >= 4 is 17.6 Å². The van der Waals surface area contributed by atoms with Crippen LogP contribution in [-0.2, 0) is 0 Å². The van der Waals surface area contributed by atoms with Crippen LogP contribution in [-0.4, -0.2) is 11.3 Å². The van der Waals surface area contributed by atoms with E-state index in [9.17, 15) is 4.79 Å². The number of carbonyl (C=O) groups is 1. The van der Waals surface area contributed by atoms with E-state index in [1.54, 1.807) is 6.20 Å². The predicted octanol–water partition coefficient (Wildman–Crippen LogP) is 4.41. The highest BCUT2D eigenvalue weighted by Crippen LogP contribution is 2.29. The number of nitrogens with zero attached hydrogens (tertiary/aromatic N) is 1. The lowest BCUT2D eigenvalue weighted by atomic mass is 10.2. The Labute approximate surface area is 120 Å². The summed E-state index contributed by atoms with van der Waals surface area (Å²) in [6.45, 7) is 0. The summed E-state index contributed by atoms with van der Waals surface area (Å²) in [5, 5.41) is 0.811. The molecule has 98 valence electrons. The zero-order valence-electron chi connectivity index (χ0n) is 10.5. The van der Waals surface area contributed by atoms with E-state index in [1.165, 1.54) is 11.3 Å². The number of ether oxygens (including phenoxy) is 1. The number of thiazole rings is 1. The summed E-state index contributed by atoms with van der Waals surface area (Å²) in [6.07, 6.45) is 2.39. The summed E-state index contributed by atoms with van der Waals surface area (Å²) < 4.78 is 5.78. The molecule has 0 bridgehead atoms. The summed E-state index contributed by atoms with van der Waals surface area (Å²) in [4.78, 5) is 15.6. The van der Waals surface area contributed by atoms with Crippen molar-refractivity contribution in [3.8, 4) is 22.1 Å². The van der Waals surface area contributed by atoms with Gasteiger partial charge < -0.3 is 4.74 Å². The Morgan fingerprint density at radius 2 is 1.80 bits per heavy atom. The van der Waals surface area contributed by atoms with Gasteiger partial charge in [-0.25, -0.2) is 4.98 Å². The predicted molar refractivity (Wildman–Crippen MR) is 79.5 cm³/mol. The van der Waals surface area contributed by atoms with Gasteiger partial charge in [0.25, 0.3) is 0 Å². The first-order valence-corrected chi connectivity index (χ1v) is 6.91. The van der Waals surface area contributed by atoms with E-state index >= 15 is 0 Å². The maximum Gasteiger partial charge on any atom is 0.161 e. The van der Waals surface area contributed by atoms with Gasteiger partial charge in [0.15, 0.2) is 6.29 Å². The minimum atomic E-state index is 0.620. The molecule has 2 aromatic carbocycles. The number of para-hydroxylation sites is 1. The molecule has 0 N–H and O–H groups in total. The highest BCUT2D eigenvalue weighted by Gasteiger charge is 2.06. The Kier molecular flexibility index (Phi) is 3.56. The second-order valence-electron chi connectivity index (χ2n) is 4.13. The monoisotopic (exact) mass is 281 g/mol. The number of hydrogen-bond donors (Lipinski definition) is 0. The Morgan fingerprint density at radius 3 is 2.55 bits per heavy atom. The molecule has 1 aromatic heterocycles. The molecule has 3 rings (SSSR count). The molecule has 0 amide bonds. The first-order chi connectivity index (χ1) is 9.85. The van der Waals surface area contributed by atoms with Crippen LogP contribution in [0.25, 0.3) is 10.6 Å². The minimum Gasteiger partial charge on any atom is -0.457 e. The minimum absolute atomic E-state index is 0.620. The van der Waals surface area contributed by atoms with E-state index in [2.05, 4.69) is 4.98 Å². The van der Waals surface area contributed by atoms with Gasteiger partial charge in [0.1, 0.15) is 16.5 Å². The fourth-order valence-corrected chi connectivity index (χ4v) is 2.52. The van der Waals surface area contributed by atoms with Crippen molar-refractivity contribution in [3.05, 3.63) is 65.7 Å². The number of hydrogen-bond acceptors (Lipinski definition) is 4. The van der Waals surface area contributed by atoms with Crippen LogP contribution in [0.2, 0.25) is 0 Å². The topological polar surface area (TPSA) is 39.2 Å². The molecular formula is C16H11NO2S. The molecule has 0 aliphatic rings. The van der Waals surface area contributed by atoms with Gasteiger partial charge in [-0.15, -0.1) is 11.3 Å². The lowest BCUT2D eigenvalue weighted by Crippen LogP contribution is -1.84. The third kappa shape index (κ3) is 2.75. The van der Waals surface area contributed by atoms with Crippen molar-refractivity contribution in [1.82, 2.24) is 4.98 Å². The average molecular weight is 281 g/mol. The molecule has 0 unspecified atom stereocenters. The van der Waals surface area contributed by atoms with Crippen LogP contribution in [0.5, 0.6) is 11.5 Å². The average Bonchev–Trinajstić information content (AvgIpc) is 2.98. The summed E-state index contributed by atoms with van der Waals surface area (Å²) in [6, 6.07) is 17.3. The van der Waals surface area contributed by atoms with Crippen LogP contribution in [0.4, 0.5) is 0 Å². The molecular weight excluding hydrogens is 270 g/mol. The van der Waals surface area contributed by atoms with Gasteiger partial charge in [0.2, 0.25) is 0 Å². The van der Waals surface area contributed by atoms with Crippen molar-refractivity contribution in [2.24, 2.45) is 0 Å². The summed E-state index contributed by atoms with van der Waals surface area (Å²) in [7, 11) is 0. The largest absolute Gasteiger partial charge is 0.457 e. The van der Waals surface area contributed by atoms with Gasteiger partial charge in [0.05, 0.1) is 4.88 Å². The van der Waals surface area contributed by atoms with Crippen molar-refractivity contribution in [1.29, 1.82) is 0 Å². The SMILES string of the molecule is O=Cc1cnc(-c2cccc(Oc3ccccc3)c2)s1. The van der Waals surface area contributed by atoms with E-state index in [4.69, 9.17) is 4.74 Å². The molecule has 0 aliphatic carbocycles. The highest BCUT2D eigenvalue weighted by atomic mass is 32.1. The quantitative estimate of drug-likeness (QED) is 0.665. The van der Waals surface area contributed by atoms with Gasteiger partial charge >= 0.3 is 0 Å². The summed E-state index contributed by atoms with van der Waals surface area (Å²) in [5.74, 6) is 1.54. The first-order valence-electron chi connectivity index (χ1n) is 6.09. The van der Waals surface area contributed by atoms with E-state index in [0.717, 1.165) is 28.4 Å². The Hall–Kier alpha value is -2.46. The maximum absolute atomic E-state index is 10.7. The van der Waals surface area contributed by atoms with Crippen LogP contribution in [0.3, 0.4) is 0 Å². The molecule has 0 spiro atoms. The lowest BCUT2D eigenvalue weighted by Gasteiger charge is -2.06. The fourth-order valence-electron chi connectivity index (χ4n) is 1.79. The molecule has 1 heterocycles. The second kappa shape index (κ2) is 5.67. The number of rotatable bonds is 4.